The Morgan fingerprint density at radius 1 is 0.786 bits per heavy atom. The Bertz CT molecular complexity index is 1160. The van der Waals surface area contributed by atoms with E-state index >= 15 is 0 Å². The molecule has 1 fully saturated rings. The molecule has 1 heterocycles. The smallest absolute Gasteiger partial charge is 0.223 e. The van der Waals surface area contributed by atoms with Crippen LogP contribution in [-0.4, -0.2) is 56.6 Å². The van der Waals surface area contributed by atoms with Gasteiger partial charge in [0.15, 0.2) is 0 Å². The van der Waals surface area contributed by atoms with Gasteiger partial charge in [-0.05, 0) is 32.3 Å². The normalized spacial score (nSPS) is 31.2. The molecule has 5 rings (SSSR count). The lowest BCUT2D eigenvalue weighted by atomic mass is 9.84. The maximum Gasteiger partial charge on any atom is 0.223 e. The summed E-state index contributed by atoms with van der Waals surface area (Å²) in [5, 5.41) is 57.3. The van der Waals surface area contributed by atoms with Crippen LogP contribution in [-0.2, 0) is 10.5 Å². The third-order valence-corrected chi connectivity index (χ3v) is 5.88. The molecular weight excluding hydrogens is 360 g/mol. The number of hydrogen-bond acceptors (Lipinski definition) is 6. The fourth-order valence-corrected chi connectivity index (χ4v) is 4.42. The van der Waals surface area contributed by atoms with E-state index in [1.807, 2.05) is 48.5 Å². The van der Waals surface area contributed by atoms with E-state index in [-0.39, 0.29) is 5.56 Å². The molecule has 0 aliphatic carbocycles. The van der Waals surface area contributed by atoms with Crippen LogP contribution in [0.4, 0.5) is 0 Å². The van der Waals surface area contributed by atoms with Gasteiger partial charge < -0.3 is 30.3 Å². The Kier molecular flexibility index (Phi) is 3.86. The highest BCUT2D eigenvalue weighted by Gasteiger charge is 2.54. The summed E-state index contributed by atoms with van der Waals surface area (Å²) in [6, 6.07) is 17.3. The molecule has 0 bridgehead atoms. The van der Waals surface area contributed by atoms with Gasteiger partial charge in [0, 0.05) is 5.56 Å². The average Bonchev–Trinajstić information content (AvgIpc) is 2.73. The predicted octanol–water partition coefficient (Wildman–Crippen LogP) is 1.20. The molecule has 0 radical (unpaired) electrons. The van der Waals surface area contributed by atoms with Crippen molar-refractivity contribution < 1.29 is 30.3 Å². The molecule has 1 saturated heterocycles. The van der Waals surface area contributed by atoms with E-state index < -0.39 is 36.8 Å². The number of aliphatic hydroxyl groups is 5. The van der Waals surface area contributed by atoms with Crippen molar-refractivity contribution in [3.8, 4) is 0 Å². The van der Waals surface area contributed by atoms with Crippen molar-refractivity contribution >= 4 is 32.3 Å². The molecule has 0 amide bonds. The summed E-state index contributed by atoms with van der Waals surface area (Å²) in [6.45, 7) is -0.612. The highest BCUT2D eigenvalue weighted by Crippen LogP contribution is 2.43. The Morgan fingerprint density at radius 3 is 2.07 bits per heavy atom. The molecule has 28 heavy (non-hydrogen) atoms. The van der Waals surface area contributed by atoms with Crippen molar-refractivity contribution in [1.82, 2.24) is 0 Å². The summed E-state index contributed by atoms with van der Waals surface area (Å²) >= 11 is 0. The van der Waals surface area contributed by atoms with Crippen LogP contribution < -0.4 is 0 Å². The molecular formula is C22H20O6. The van der Waals surface area contributed by atoms with Crippen molar-refractivity contribution in [2.45, 2.75) is 30.2 Å². The maximum absolute atomic E-state index is 11.3. The van der Waals surface area contributed by atoms with Gasteiger partial charge in [0.05, 0.1) is 6.61 Å². The lowest BCUT2D eigenvalue weighted by Crippen LogP contribution is -2.63. The molecule has 0 saturated carbocycles. The molecule has 1 aliphatic heterocycles. The summed E-state index contributed by atoms with van der Waals surface area (Å²) in [7, 11) is 0. The molecule has 0 spiro atoms. The van der Waals surface area contributed by atoms with Crippen molar-refractivity contribution in [1.29, 1.82) is 0 Å². The van der Waals surface area contributed by atoms with Gasteiger partial charge in [-0.2, -0.15) is 0 Å². The van der Waals surface area contributed by atoms with Crippen molar-refractivity contribution in [2.75, 3.05) is 6.61 Å². The largest absolute Gasteiger partial charge is 0.394 e. The Labute approximate surface area is 160 Å². The second kappa shape index (κ2) is 6.09. The average molecular weight is 380 g/mol. The van der Waals surface area contributed by atoms with E-state index in [9.17, 15) is 25.5 Å². The van der Waals surface area contributed by atoms with E-state index in [0.29, 0.717) is 5.39 Å². The van der Waals surface area contributed by atoms with Gasteiger partial charge in [-0.3, -0.25) is 0 Å². The standard InChI is InChI=1S/C22H20O6/c23-10-16-19(24)20(25)21(26)22(27,28-16)15-9-7-13-5-4-11-2-1-3-12-6-8-14(15)18(13)17(11)12/h1-9,16,19-21,23-27H,10H2/t16-,19+,20+,21-,22+/m1/s1. The minimum absolute atomic E-state index is 0.273. The first-order valence-corrected chi connectivity index (χ1v) is 9.18. The van der Waals surface area contributed by atoms with E-state index in [1.165, 1.54) is 0 Å². The first-order chi connectivity index (χ1) is 13.5. The summed E-state index contributed by atoms with van der Waals surface area (Å²) < 4.78 is 5.54. The number of ether oxygens (including phenoxy) is 1. The zero-order chi connectivity index (χ0) is 19.6. The first kappa shape index (κ1) is 17.8. The monoisotopic (exact) mass is 380 g/mol. The SMILES string of the molecule is OC[C@H]1O[C@@](O)(c2ccc3ccc4cccc5ccc2c3c45)[C@H](O)[C@@H](O)[C@H]1O. The van der Waals surface area contributed by atoms with Crippen LogP contribution in [0.15, 0.2) is 54.6 Å². The summed E-state index contributed by atoms with van der Waals surface area (Å²) in [5.41, 5.74) is 0.273. The van der Waals surface area contributed by atoms with Crippen LogP contribution in [0.3, 0.4) is 0 Å². The number of hydrogen-bond donors (Lipinski definition) is 5. The number of benzene rings is 4. The molecule has 6 heteroatoms. The topological polar surface area (TPSA) is 110 Å². The van der Waals surface area contributed by atoms with E-state index in [1.54, 1.807) is 6.07 Å². The molecule has 144 valence electrons. The van der Waals surface area contributed by atoms with Crippen LogP contribution in [0.2, 0.25) is 0 Å². The molecule has 1 aliphatic rings. The van der Waals surface area contributed by atoms with Gasteiger partial charge in [-0.15, -0.1) is 0 Å². The molecule has 0 unspecified atom stereocenters. The number of rotatable bonds is 2. The maximum atomic E-state index is 11.3. The van der Waals surface area contributed by atoms with Crippen LogP contribution in [0.5, 0.6) is 0 Å². The van der Waals surface area contributed by atoms with Gasteiger partial charge in [0.2, 0.25) is 5.79 Å². The van der Waals surface area contributed by atoms with Crippen LogP contribution in [0, 0.1) is 0 Å². The zero-order valence-corrected chi connectivity index (χ0v) is 14.9. The lowest BCUT2D eigenvalue weighted by molar-refractivity contribution is -0.357. The van der Waals surface area contributed by atoms with E-state index in [4.69, 9.17) is 4.74 Å². The van der Waals surface area contributed by atoms with E-state index in [2.05, 4.69) is 0 Å². The molecule has 4 aromatic carbocycles. The molecule has 6 nitrogen and oxygen atoms in total. The Hall–Kier alpha value is -2.32. The van der Waals surface area contributed by atoms with Gasteiger partial charge >= 0.3 is 0 Å². The summed E-state index contributed by atoms with van der Waals surface area (Å²) in [5.74, 6) is -2.28. The minimum atomic E-state index is -2.28. The third-order valence-electron chi connectivity index (χ3n) is 5.88. The van der Waals surface area contributed by atoms with Crippen LogP contribution >= 0.6 is 0 Å². The zero-order valence-electron chi connectivity index (χ0n) is 14.9. The molecule has 5 atom stereocenters. The third kappa shape index (κ3) is 2.24. The lowest BCUT2D eigenvalue weighted by Gasteiger charge is -2.46. The number of aliphatic hydroxyl groups excluding tert-OH is 4. The predicted molar refractivity (Wildman–Crippen MR) is 104 cm³/mol. The molecule has 0 aromatic heterocycles. The first-order valence-electron chi connectivity index (χ1n) is 9.18. The van der Waals surface area contributed by atoms with Crippen LogP contribution in [0.25, 0.3) is 32.3 Å². The Morgan fingerprint density at radius 2 is 1.39 bits per heavy atom. The van der Waals surface area contributed by atoms with Gasteiger partial charge in [0.1, 0.15) is 24.4 Å². The van der Waals surface area contributed by atoms with Gasteiger partial charge in [0.25, 0.3) is 0 Å². The molecule has 4 aromatic rings. The second-order valence-corrected chi connectivity index (χ2v) is 7.43. The fraction of sp³-hybridized carbons (Fsp3) is 0.273. The highest BCUT2D eigenvalue weighted by atomic mass is 16.7. The van der Waals surface area contributed by atoms with Crippen molar-refractivity contribution in [3.63, 3.8) is 0 Å². The second-order valence-electron chi connectivity index (χ2n) is 7.43. The molecule has 5 N–H and O–H groups in total. The van der Waals surface area contributed by atoms with Crippen LogP contribution in [0.1, 0.15) is 5.56 Å². The Balaban J connectivity index is 1.81. The summed E-state index contributed by atoms with van der Waals surface area (Å²) in [4.78, 5) is 0. The van der Waals surface area contributed by atoms with Crippen molar-refractivity contribution in [2.24, 2.45) is 0 Å². The van der Waals surface area contributed by atoms with E-state index in [0.717, 1.165) is 26.9 Å². The quantitative estimate of drug-likeness (QED) is 0.334. The summed E-state index contributed by atoms with van der Waals surface area (Å²) in [6.07, 6.45) is -6.21. The van der Waals surface area contributed by atoms with Gasteiger partial charge in [-0.1, -0.05) is 54.6 Å². The van der Waals surface area contributed by atoms with Gasteiger partial charge in [-0.25, -0.2) is 0 Å². The highest BCUT2D eigenvalue weighted by molar-refractivity contribution is 6.23. The fourth-order valence-electron chi connectivity index (χ4n) is 4.42. The van der Waals surface area contributed by atoms with Crippen molar-refractivity contribution in [3.05, 3.63) is 60.2 Å². The minimum Gasteiger partial charge on any atom is -0.394 e.